The number of benzene rings is 3. The summed E-state index contributed by atoms with van der Waals surface area (Å²) in [5.41, 5.74) is 4.39. The van der Waals surface area contributed by atoms with E-state index in [2.05, 4.69) is 10.3 Å². The van der Waals surface area contributed by atoms with E-state index >= 15 is 0 Å². The van der Waals surface area contributed by atoms with Crippen LogP contribution in [0, 0.1) is 5.82 Å². The number of ether oxygens (including phenoxy) is 1. The van der Waals surface area contributed by atoms with E-state index in [-0.39, 0.29) is 11.7 Å². The number of fused-ring (bicyclic) bond motifs is 1. The molecule has 0 spiro atoms. The number of aromatic nitrogens is 1. The summed E-state index contributed by atoms with van der Waals surface area (Å²) in [5.74, 6) is 0.629. The molecular weight excluding hydrogens is 383 g/mol. The van der Waals surface area contributed by atoms with Gasteiger partial charge in [0.05, 0.1) is 12.7 Å². The lowest BCUT2D eigenvalue weighted by molar-refractivity contribution is -0.120. The maximum Gasteiger partial charge on any atom is 0.228 e. The van der Waals surface area contributed by atoms with Crippen LogP contribution in [-0.4, -0.2) is 18.0 Å². The Morgan fingerprint density at radius 2 is 1.83 bits per heavy atom. The smallest absolute Gasteiger partial charge is 0.228 e. The molecule has 1 amide bonds. The molecule has 0 atom stereocenters. The molecule has 0 radical (unpaired) electrons. The zero-order valence-corrected chi connectivity index (χ0v) is 16.7. The van der Waals surface area contributed by atoms with Crippen LogP contribution in [0.5, 0.6) is 5.75 Å². The second kappa shape index (κ2) is 8.37. The average molecular weight is 404 g/mol. The van der Waals surface area contributed by atoms with Crippen molar-refractivity contribution in [3.05, 3.63) is 72.0 Å². The number of amides is 1. The number of para-hydroxylation sites is 2. The van der Waals surface area contributed by atoms with E-state index in [9.17, 15) is 9.18 Å². The van der Waals surface area contributed by atoms with Gasteiger partial charge in [0.2, 0.25) is 11.8 Å². The molecule has 6 heteroatoms. The Kier molecular flexibility index (Phi) is 5.48. The van der Waals surface area contributed by atoms with Gasteiger partial charge in [0, 0.05) is 18.5 Å². The Bertz CT molecular complexity index is 1170. The molecule has 0 unspecified atom stereocenters. The third kappa shape index (κ3) is 3.76. The molecule has 0 aliphatic heterocycles. The molecule has 4 aromatic rings. The molecule has 30 heavy (non-hydrogen) atoms. The highest BCUT2D eigenvalue weighted by atomic mass is 19.1. The van der Waals surface area contributed by atoms with Crippen molar-refractivity contribution in [2.24, 2.45) is 0 Å². The van der Waals surface area contributed by atoms with Gasteiger partial charge in [-0.05, 0) is 41.5 Å². The van der Waals surface area contributed by atoms with Crippen molar-refractivity contribution in [1.82, 2.24) is 10.3 Å². The number of hydrogen-bond acceptors (Lipinski definition) is 4. The molecule has 0 aliphatic carbocycles. The third-order valence-corrected chi connectivity index (χ3v) is 4.91. The first-order chi connectivity index (χ1) is 14.6. The number of nitrogens with one attached hydrogen (secondary N) is 1. The van der Waals surface area contributed by atoms with Crippen LogP contribution in [0.3, 0.4) is 0 Å². The van der Waals surface area contributed by atoms with Crippen LogP contribution in [-0.2, 0) is 11.3 Å². The Hall–Kier alpha value is -3.67. The summed E-state index contributed by atoms with van der Waals surface area (Å²) in [4.78, 5) is 16.5. The molecule has 5 nitrogen and oxygen atoms in total. The predicted molar refractivity (Wildman–Crippen MR) is 114 cm³/mol. The highest BCUT2D eigenvalue weighted by Gasteiger charge is 2.22. The monoisotopic (exact) mass is 404 g/mol. The summed E-state index contributed by atoms with van der Waals surface area (Å²) >= 11 is 0. The molecule has 1 heterocycles. The highest BCUT2D eigenvalue weighted by Crippen LogP contribution is 2.42. The topological polar surface area (TPSA) is 64.4 Å². The molecular formula is C24H21FN2O3. The van der Waals surface area contributed by atoms with E-state index in [1.165, 1.54) is 12.1 Å². The van der Waals surface area contributed by atoms with E-state index in [0.29, 0.717) is 35.8 Å². The fourth-order valence-electron chi connectivity index (χ4n) is 3.39. The number of rotatable bonds is 6. The lowest BCUT2D eigenvalue weighted by Crippen LogP contribution is -2.22. The van der Waals surface area contributed by atoms with Crippen LogP contribution >= 0.6 is 0 Å². The van der Waals surface area contributed by atoms with E-state index in [4.69, 9.17) is 9.15 Å². The molecule has 1 aromatic heterocycles. The quantitative estimate of drug-likeness (QED) is 0.471. The van der Waals surface area contributed by atoms with Gasteiger partial charge in [-0.15, -0.1) is 0 Å². The maximum absolute atomic E-state index is 13.6. The van der Waals surface area contributed by atoms with E-state index < -0.39 is 0 Å². The summed E-state index contributed by atoms with van der Waals surface area (Å²) in [6.07, 6.45) is 0.388. The molecule has 0 aliphatic rings. The molecule has 0 fully saturated rings. The summed E-state index contributed by atoms with van der Waals surface area (Å²) in [5, 5.41) is 2.91. The molecule has 1 N–H and O–H groups in total. The number of carbonyl (C=O) groups is 1. The van der Waals surface area contributed by atoms with Crippen LogP contribution in [0.15, 0.2) is 65.1 Å². The van der Waals surface area contributed by atoms with Gasteiger partial charge >= 0.3 is 0 Å². The number of oxazole rings is 1. The first kappa shape index (κ1) is 19.6. The normalized spacial score (nSPS) is 10.9. The van der Waals surface area contributed by atoms with Gasteiger partial charge in [-0.1, -0.05) is 37.3 Å². The van der Waals surface area contributed by atoms with Crippen molar-refractivity contribution in [1.29, 1.82) is 0 Å². The lowest BCUT2D eigenvalue weighted by atomic mass is 9.93. The predicted octanol–water partition coefficient (Wildman–Crippen LogP) is 5.34. The Morgan fingerprint density at radius 3 is 2.53 bits per heavy atom. The molecule has 3 aromatic carbocycles. The second-order valence-corrected chi connectivity index (χ2v) is 6.80. The molecule has 0 saturated heterocycles. The van der Waals surface area contributed by atoms with Crippen molar-refractivity contribution in [2.75, 3.05) is 7.11 Å². The molecule has 0 saturated carbocycles. The first-order valence-corrected chi connectivity index (χ1v) is 9.69. The van der Waals surface area contributed by atoms with Crippen LogP contribution in [0.25, 0.3) is 33.7 Å². The summed E-state index contributed by atoms with van der Waals surface area (Å²) in [6, 6.07) is 17.4. The number of methoxy groups -OCH3 is 1. The SMILES string of the molecule is CCC(=O)NCc1ccc(OC)c(-c2ccc(F)cc2)c1-c1nc2ccccc2o1. The van der Waals surface area contributed by atoms with Gasteiger partial charge in [-0.25, -0.2) is 9.37 Å². The van der Waals surface area contributed by atoms with Crippen molar-refractivity contribution < 1.29 is 18.3 Å². The minimum Gasteiger partial charge on any atom is -0.496 e. The van der Waals surface area contributed by atoms with Crippen LogP contribution < -0.4 is 10.1 Å². The highest BCUT2D eigenvalue weighted by molar-refractivity contribution is 5.89. The van der Waals surface area contributed by atoms with Gasteiger partial charge in [-0.3, -0.25) is 4.79 Å². The fraction of sp³-hybridized carbons (Fsp3) is 0.167. The minimum atomic E-state index is -0.326. The summed E-state index contributed by atoms with van der Waals surface area (Å²) in [7, 11) is 1.58. The fourth-order valence-corrected chi connectivity index (χ4v) is 3.39. The van der Waals surface area contributed by atoms with Gasteiger partial charge in [0.1, 0.15) is 17.1 Å². The van der Waals surface area contributed by atoms with Gasteiger partial charge in [0.25, 0.3) is 0 Å². The molecule has 152 valence electrons. The lowest BCUT2D eigenvalue weighted by Gasteiger charge is -2.17. The van der Waals surface area contributed by atoms with E-state index in [0.717, 1.165) is 22.2 Å². The van der Waals surface area contributed by atoms with E-state index in [1.807, 2.05) is 36.4 Å². The van der Waals surface area contributed by atoms with Crippen molar-refractivity contribution in [2.45, 2.75) is 19.9 Å². The Balaban J connectivity index is 1.96. The second-order valence-electron chi connectivity index (χ2n) is 6.80. The summed E-state index contributed by atoms with van der Waals surface area (Å²) in [6.45, 7) is 2.11. The van der Waals surface area contributed by atoms with Crippen LogP contribution in [0.4, 0.5) is 4.39 Å². The number of nitrogens with zero attached hydrogens (tertiary/aromatic N) is 1. The van der Waals surface area contributed by atoms with Crippen molar-refractivity contribution in [3.63, 3.8) is 0 Å². The summed E-state index contributed by atoms with van der Waals surface area (Å²) < 4.78 is 25.2. The Morgan fingerprint density at radius 1 is 1.07 bits per heavy atom. The number of hydrogen-bond donors (Lipinski definition) is 1. The minimum absolute atomic E-state index is 0.0577. The van der Waals surface area contributed by atoms with Gasteiger partial charge in [-0.2, -0.15) is 0 Å². The zero-order chi connectivity index (χ0) is 21.1. The maximum atomic E-state index is 13.6. The van der Waals surface area contributed by atoms with E-state index in [1.54, 1.807) is 26.2 Å². The van der Waals surface area contributed by atoms with Crippen LogP contribution in [0.1, 0.15) is 18.9 Å². The average Bonchev–Trinajstić information content (AvgIpc) is 3.21. The van der Waals surface area contributed by atoms with Crippen molar-refractivity contribution in [3.8, 4) is 28.3 Å². The number of halogens is 1. The zero-order valence-electron chi connectivity index (χ0n) is 16.7. The van der Waals surface area contributed by atoms with Crippen molar-refractivity contribution >= 4 is 17.0 Å². The van der Waals surface area contributed by atoms with Gasteiger partial charge < -0.3 is 14.5 Å². The first-order valence-electron chi connectivity index (χ1n) is 9.69. The largest absolute Gasteiger partial charge is 0.496 e. The van der Waals surface area contributed by atoms with Gasteiger partial charge in [0.15, 0.2) is 5.58 Å². The number of carbonyl (C=O) groups excluding carboxylic acids is 1. The molecule has 0 bridgehead atoms. The van der Waals surface area contributed by atoms with Crippen LogP contribution in [0.2, 0.25) is 0 Å². The Labute approximate surface area is 173 Å². The third-order valence-electron chi connectivity index (χ3n) is 4.91. The standard InChI is InChI=1S/C24H21FN2O3/c1-3-21(28)26-14-16-10-13-20(29-2)22(15-8-11-17(25)12-9-15)23(16)24-27-18-6-4-5-7-19(18)30-24/h4-13H,3,14H2,1-2H3,(H,26,28). The molecule has 4 rings (SSSR count).